The topological polar surface area (TPSA) is 29.1 Å². The molecule has 0 saturated heterocycles. The molecule has 0 aromatic heterocycles. The van der Waals surface area contributed by atoms with Gasteiger partial charge in [0.1, 0.15) is 5.82 Å². The molecular formula is C12H18FNOS. The van der Waals surface area contributed by atoms with Crippen LogP contribution in [-0.4, -0.2) is 22.8 Å². The van der Waals surface area contributed by atoms with Crippen LogP contribution in [-0.2, 0) is 10.8 Å². The van der Waals surface area contributed by atoms with Crippen LogP contribution in [0.2, 0.25) is 0 Å². The van der Waals surface area contributed by atoms with Crippen LogP contribution in [0.25, 0.3) is 0 Å². The molecule has 0 fully saturated rings. The van der Waals surface area contributed by atoms with Crippen LogP contribution in [0.1, 0.15) is 24.9 Å². The van der Waals surface area contributed by atoms with Gasteiger partial charge in [-0.05, 0) is 37.6 Å². The zero-order valence-electron chi connectivity index (χ0n) is 9.70. The van der Waals surface area contributed by atoms with E-state index >= 15 is 0 Å². The minimum absolute atomic E-state index is 0.200. The van der Waals surface area contributed by atoms with Crippen molar-refractivity contribution in [3.05, 3.63) is 35.6 Å². The van der Waals surface area contributed by atoms with Crippen LogP contribution in [0, 0.1) is 5.82 Å². The Labute approximate surface area is 98.7 Å². The molecule has 1 N–H and O–H groups in total. The first-order valence-electron chi connectivity index (χ1n) is 5.38. The fourth-order valence-corrected chi connectivity index (χ4v) is 2.01. The van der Waals surface area contributed by atoms with E-state index in [0.29, 0.717) is 0 Å². The van der Waals surface area contributed by atoms with Crippen molar-refractivity contribution in [3.8, 4) is 0 Å². The fraction of sp³-hybridized carbons (Fsp3) is 0.500. The van der Waals surface area contributed by atoms with Gasteiger partial charge < -0.3 is 5.32 Å². The molecular weight excluding hydrogens is 225 g/mol. The molecule has 0 spiro atoms. The Bertz CT molecular complexity index is 339. The SMILES string of the molecule is CC(NCCCS(C)=O)c1ccc(F)cc1. The Morgan fingerprint density at radius 1 is 1.38 bits per heavy atom. The smallest absolute Gasteiger partial charge is 0.123 e. The lowest BCUT2D eigenvalue weighted by Gasteiger charge is -2.13. The molecule has 1 rings (SSSR count). The number of hydrogen-bond donors (Lipinski definition) is 1. The van der Waals surface area contributed by atoms with E-state index in [1.54, 1.807) is 18.4 Å². The highest BCUT2D eigenvalue weighted by Gasteiger charge is 2.04. The van der Waals surface area contributed by atoms with Crippen molar-refractivity contribution in [3.63, 3.8) is 0 Å². The Kier molecular flexibility index (Phi) is 5.63. The second-order valence-corrected chi connectivity index (χ2v) is 5.41. The first kappa shape index (κ1) is 13.3. The standard InChI is InChI=1S/C12H18FNOS/c1-10(14-8-3-9-16(2)15)11-4-6-12(13)7-5-11/h4-7,10,14H,3,8-9H2,1-2H3. The average Bonchev–Trinajstić information content (AvgIpc) is 2.25. The van der Waals surface area contributed by atoms with E-state index in [1.807, 2.05) is 6.92 Å². The summed E-state index contributed by atoms with van der Waals surface area (Å²) >= 11 is 0. The van der Waals surface area contributed by atoms with Gasteiger partial charge in [0.25, 0.3) is 0 Å². The minimum Gasteiger partial charge on any atom is -0.310 e. The molecule has 16 heavy (non-hydrogen) atoms. The Balaban J connectivity index is 2.32. The van der Waals surface area contributed by atoms with Crippen molar-refractivity contribution in [2.24, 2.45) is 0 Å². The molecule has 0 aliphatic rings. The first-order chi connectivity index (χ1) is 7.59. The van der Waals surface area contributed by atoms with E-state index in [1.165, 1.54) is 12.1 Å². The van der Waals surface area contributed by atoms with Gasteiger partial charge in [-0.15, -0.1) is 0 Å². The molecule has 1 aromatic carbocycles. The summed E-state index contributed by atoms with van der Waals surface area (Å²) in [5, 5.41) is 3.32. The van der Waals surface area contributed by atoms with Crippen molar-refractivity contribution >= 4 is 10.8 Å². The van der Waals surface area contributed by atoms with Gasteiger partial charge in [-0.25, -0.2) is 4.39 Å². The third-order valence-corrected chi connectivity index (χ3v) is 3.29. The second-order valence-electron chi connectivity index (χ2n) is 3.86. The van der Waals surface area contributed by atoms with Gasteiger partial charge in [-0.1, -0.05) is 12.1 Å². The van der Waals surface area contributed by atoms with Gasteiger partial charge in [0.2, 0.25) is 0 Å². The van der Waals surface area contributed by atoms with Gasteiger partial charge in [0, 0.05) is 28.9 Å². The molecule has 1 aromatic rings. The maximum Gasteiger partial charge on any atom is 0.123 e. The summed E-state index contributed by atoms with van der Waals surface area (Å²) in [6.45, 7) is 2.87. The summed E-state index contributed by atoms with van der Waals surface area (Å²) in [5.41, 5.74) is 1.07. The lowest BCUT2D eigenvalue weighted by Crippen LogP contribution is -2.21. The molecule has 0 heterocycles. The Morgan fingerprint density at radius 3 is 2.56 bits per heavy atom. The van der Waals surface area contributed by atoms with Crippen molar-refractivity contribution in [2.45, 2.75) is 19.4 Å². The maximum absolute atomic E-state index is 12.7. The van der Waals surface area contributed by atoms with E-state index in [4.69, 9.17) is 0 Å². The molecule has 4 heteroatoms. The van der Waals surface area contributed by atoms with Crippen LogP contribution in [0.3, 0.4) is 0 Å². The zero-order chi connectivity index (χ0) is 12.0. The van der Waals surface area contributed by atoms with Crippen molar-refractivity contribution < 1.29 is 8.60 Å². The molecule has 0 aliphatic heterocycles. The molecule has 0 amide bonds. The van der Waals surface area contributed by atoms with Crippen LogP contribution in [0.15, 0.2) is 24.3 Å². The predicted molar refractivity (Wildman–Crippen MR) is 66.4 cm³/mol. The van der Waals surface area contributed by atoms with Crippen LogP contribution < -0.4 is 5.32 Å². The summed E-state index contributed by atoms with van der Waals surface area (Å²) in [4.78, 5) is 0. The van der Waals surface area contributed by atoms with Crippen LogP contribution >= 0.6 is 0 Å². The first-order valence-corrected chi connectivity index (χ1v) is 7.11. The van der Waals surface area contributed by atoms with E-state index in [0.717, 1.165) is 24.3 Å². The quantitative estimate of drug-likeness (QED) is 0.776. The molecule has 0 saturated carbocycles. The molecule has 90 valence electrons. The fourth-order valence-electron chi connectivity index (χ4n) is 1.46. The van der Waals surface area contributed by atoms with Gasteiger partial charge in [-0.2, -0.15) is 0 Å². The number of hydrogen-bond acceptors (Lipinski definition) is 2. The lowest BCUT2D eigenvalue weighted by atomic mass is 10.1. The van der Waals surface area contributed by atoms with E-state index < -0.39 is 10.8 Å². The monoisotopic (exact) mass is 243 g/mol. The molecule has 0 aliphatic carbocycles. The van der Waals surface area contributed by atoms with Crippen molar-refractivity contribution in [1.82, 2.24) is 5.32 Å². The Morgan fingerprint density at radius 2 is 2.00 bits per heavy atom. The summed E-state index contributed by atoms with van der Waals surface area (Å²) in [5.74, 6) is 0.515. The largest absolute Gasteiger partial charge is 0.310 e. The average molecular weight is 243 g/mol. The Hall–Kier alpha value is -0.740. The third-order valence-electron chi connectivity index (χ3n) is 2.43. The molecule has 0 bridgehead atoms. The number of nitrogens with one attached hydrogen (secondary N) is 1. The van der Waals surface area contributed by atoms with E-state index in [9.17, 15) is 8.60 Å². The van der Waals surface area contributed by atoms with Crippen molar-refractivity contribution in [2.75, 3.05) is 18.6 Å². The zero-order valence-corrected chi connectivity index (χ0v) is 10.5. The lowest BCUT2D eigenvalue weighted by molar-refractivity contribution is 0.567. The summed E-state index contributed by atoms with van der Waals surface area (Å²) in [6.07, 6.45) is 2.61. The predicted octanol–water partition coefficient (Wildman–Crippen LogP) is 2.24. The van der Waals surface area contributed by atoms with Gasteiger partial charge in [-0.3, -0.25) is 4.21 Å². The number of halogens is 1. The normalized spacial score (nSPS) is 14.7. The number of benzene rings is 1. The highest BCUT2D eigenvalue weighted by molar-refractivity contribution is 7.84. The highest BCUT2D eigenvalue weighted by Crippen LogP contribution is 2.12. The van der Waals surface area contributed by atoms with Gasteiger partial charge in [0.15, 0.2) is 0 Å². The third kappa shape index (κ3) is 4.86. The molecule has 2 unspecified atom stereocenters. The van der Waals surface area contributed by atoms with Gasteiger partial charge in [0.05, 0.1) is 0 Å². The van der Waals surface area contributed by atoms with Crippen LogP contribution in [0.4, 0.5) is 4.39 Å². The molecule has 0 radical (unpaired) electrons. The molecule has 2 atom stereocenters. The van der Waals surface area contributed by atoms with Crippen LogP contribution in [0.5, 0.6) is 0 Å². The maximum atomic E-state index is 12.7. The minimum atomic E-state index is -0.717. The number of rotatable bonds is 6. The van der Waals surface area contributed by atoms with Crippen molar-refractivity contribution in [1.29, 1.82) is 0 Å². The highest BCUT2D eigenvalue weighted by atomic mass is 32.2. The molecule has 2 nitrogen and oxygen atoms in total. The second kappa shape index (κ2) is 6.76. The summed E-state index contributed by atoms with van der Waals surface area (Å²) in [7, 11) is -0.717. The van der Waals surface area contributed by atoms with Gasteiger partial charge >= 0.3 is 0 Å². The summed E-state index contributed by atoms with van der Waals surface area (Å²) < 4.78 is 23.5. The van der Waals surface area contributed by atoms with E-state index in [-0.39, 0.29) is 11.9 Å². The van der Waals surface area contributed by atoms with E-state index in [2.05, 4.69) is 5.32 Å². The summed E-state index contributed by atoms with van der Waals surface area (Å²) in [6, 6.07) is 6.70.